The number of anilines is 1. The van der Waals surface area contributed by atoms with Crippen LogP contribution in [0.4, 0.5) is 10.1 Å². The van der Waals surface area contributed by atoms with Gasteiger partial charge in [-0.15, -0.1) is 0 Å². The number of nitrogens with two attached hydrogens (primary N) is 1. The Morgan fingerprint density at radius 1 is 1.56 bits per heavy atom. The van der Waals surface area contributed by atoms with Gasteiger partial charge in [-0.3, -0.25) is 4.79 Å². The largest absolute Gasteiger partial charge is 0.389 e. The van der Waals surface area contributed by atoms with Crippen LogP contribution in [0.15, 0.2) is 18.2 Å². The maximum atomic E-state index is 13.1. The van der Waals surface area contributed by atoms with Crippen LogP contribution in [-0.4, -0.2) is 23.5 Å². The Morgan fingerprint density at radius 2 is 2.33 bits per heavy atom. The van der Waals surface area contributed by atoms with Gasteiger partial charge in [-0.2, -0.15) is 0 Å². The van der Waals surface area contributed by atoms with E-state index in [0.717, 1.165) is 6.42 Å². The summed E-state index contributed by atoms with van der Waals surface area (Å²) < 4.78 is 13.1. The van der Waals surface area contributed by atoms with E-state index in [9.17, 15) is 9.18 Å². The molecule has 1 heterocycles. The van der Waals surface area contributed by atoms with Gasteiger partial charge in [-0.05, 0) is 24.6 Å². The molecule has 4 nitrogen and oxygen atoms in total. The number of amides is 1. The minimum absolute atomic E-state index is 0.0572. The minimum atomic E-state index is -0.375. The molecule has 1 unspecified atom stereocenters. The number of thiocarbonyl (C=S) groups is 1. The third-order valence-corrected chi connectivity index (χ3v) is 3.09. The van der Waals surface area contributed by atoms with E-state index >= 15 is 0 Å². The number of hydrogen-bond donors (Lipinski definition) is 3. The molecule has 1 aromatic rings. The molecular formula is C12H14FN3OS. The van der Waals surface area contributed by atoms with Crippen molar-refractivity contribution in [2.45, 2.75) is 18.9 Å². The van der Waals surface area contributed by atoms with E-state index in [0.29, 0.717) is 24.2 Å². The molecule has 4 N–H and O–H groups in total. The lowest BCUT2D eigenvalue weighted by atomic mass is 10.1. The average molecular weight is 267 g/mol. The first-order chi connectivity index (χ1) is 8.56. The van der Waals surface area contributed by atoms with Crippen LogP contribution in [0.25, 0.3) is 0 Å². The maximum Gasteiger partial charge on any atom is 0.220 e. The third kappa shape index (κ3) is 2.95. The molecule has 1 aliphatic heterocycles. The fourth-order valence-electron chi connectivity index (χ4n) is 1.92. The fourth-order valence-corrected chi connectivity index (χ4v) is 2.09. The minimum Gasteiger partial charge on any atom is -0.389 e. The van der Waals surface area contributed by atoms with Crippen LogP contribution in [0.2, 0.25) is 0 Å². The number of rotatable bonds is 3. The molecule has 0 aliphatic carbocycles. The van der Waals surface area contributed by atoms with Crippen molar-refractivity contribution in [3.63, 3.8) is 0 Å². The van der Waals surface area contributed by atoms with Crippen LogP contribution in [0.1, 0.15) is 18.4 Å². The lowest BCUT2D eigenvalue weighted by molar-refractivity contribution is -0.122. The normalized spacial score (nSPS) is 19.2. The molecule has 1 saturated heterocycles. The monoisotopic (exact) mass is 267 g/mol. The van der Waals surface area contributed by atoms with Gasteiger partial charge in [0.05, 0.1) is 0 Å². The predicted molar refractivity (Wildman–Crippen MR) is 71.9 cm³/mol. The third-order valence-electron chi connectivity index (χ3n) is 2.87. The van der Waals surface area contributed by atoms with Crippen molar-refractivity contribution in [2.75, 3.05) is 11.9 Å². The summed E-state index contributed by atoms with van der Waals surface area (Å²) in [5.41, 5.74) is 6.75. The molecule has 1 fully saturated rings. The average Bonchev–Trinajstić information content (AvgIpc) is 2.34. The Kier molecular flexibility index (Phi) is 3.76. The number of piperidine rings is 1. The highest BCUT2D eigenvalue weighted by atomic mass is 32.1. The molecule has 0 spiro atoms. The van der Waals surface area contributed by atoms with Gasteiger partial charge in [-0.25, -0.2) is 4.39 Å². The second kappa shape index (κ2) is 5.30. The van der Waals surface area contributed by atoms with E-state index in [4.69, 9.17) is 18.0 Å². The van der Waals surface area contributed by atoms with Gasteiger partial charge < -0.3 is 16.4 Å². The number of hydrogen-bond acceptors (Lipinski definition) is 3. The Balaban J connectivity index is 2.13. The van der Waals surface area contributed by atoms with E-state index in [2.05, 4.69) is 10.6 Å². The Morgan fingerprint density at radius 3 is 2.94 bits per heavy atom. The first-order valence-electron chi connectivity index (χ1n) is 5.69. The van der Waals surface area contributed by atoms with Gasteiger partial charge >= 0.3 is 0 Å². The van der Waals surface area contributed by atoms with Crippen LogP contribution < -0.4 is 16.4 Å². The number of nitrogens with one attached hydrogen (secondary N) is 2. The van der Waals surface area contributed by atoms with Gasteiger partial charge in [0, 0.05) is 30.3 Å². The summed E-state index contributed by atoms with van der Waals surface area (Å²) in [5, 5.41) is 6.00. The molecule has 1 amide bonds. The zero-order chi connectivity index (χ0) is 13.1. The molecule has 18 heavy (non-hydrogen) atoms. The van der Waals surface area contributed by atoms with Crippen molar-refractivity contribution < 1.29 is 9.18 Å². The van der Waals surface area contributed by atoms with Crippen LogP contribution in [0.3, 0.4) is 0 Å². The van der Waals surface area contributed by atoms with Gasteiger partial charge in [0.15, 0.2) is 0 Å². The summed E-state index contributed by atoms with van der Waals surface area (Å²) in [7, 11) is 0. The Hall–Kier alpha value is -1.69. The summed E-state index contributed by atoms with van der Waals surface area (Å²) in [4.78, 5) is 11.2. The summed E-state index contributed by atoms with van der Waals surface area (Å²) in [6.07, 6.45) is 1.22. The SMILES string of the molecule is NC(=S)c1cc(F)ccc1NC1CCC(=O)NC1. The number of halogens is 1. The number of carbonyl (C=O) groups is 1. The second-order valence-corrected chi connectivity index (χ2v) is 4.68. The van der Waals surface area contributed by atoms with Gasteiger partial charge in [0.1, 0.15) is 10.8 Å². The van der Waals surface area contributed by atoms with Crippen LogP contribution in [0, 0.1) is 5.82 Å². The van der Waals surface area contributed by atoms with E-state index in [1.807, 2.05) is 0 Å². The molecule has 0 aromatic heterocycles. The Bertz CT molecular complexity index is 482. The van der Waals surface area contributed by atoms with E-state index in [1.165, 1.54) is 12.1 Å². The Labute approximate surface area is 110 Å². The smallest absolute Gasteiger partial charge is 0.220 e. The van der Waals surface area contributed by atoms with Crippen LogP contribution in [-0.2, 0) is 4.79 Å². The topological polar surface area (TPSA) is 67.1 Å². The van der Waals surface area contributed by atoms with Crippen molar-refractivity contribution in [3.8, 4) is 0 Å². The van der Waals surface area contributed by atoms with Crippen LogP contribution in [0.5, 0.6) is 0 Å². The molecule has 0 bridgehead atoms. The van der Waals surface area contributed by atoms with Gasteiger partial charge in [0.25, 0.3) is 0 Å². The first kappa shape index (κ1) is 12.8. The van der Waals surface area contributed by atoms with Crippen molar-refractivity contribution in [1.82, 2.24) is 5.32 Å². The molecular weight excluding hydrogens is 253 g/mol. The number of benzene rings is 1. The molecule has 1 aliphatic rings. The first-order valence-corrected chi connectivity index (χ1v) is 6.09. The second-order valence-electron chi connectivity index (χ2n) is 4.24. The molecule has 1 atom stereocenters. The lowest BCUT2D eigenvalue weighted by Gasteiger charge is -2.25. The molecule has 2 rings (SSSR count). The molecule has 0 saturated carbocycles. The molecule has 96 valence electrons. The lowest BCUT2D eigenvalue weighted by Crippen LogP contribution is -2.42. The molecule has 6 heteroatoms. The quantitative estimate of drug-likeness (QED) is 0.719. The summed E-state index contributed by atoms with van der Waals surface area (Å²) in [6.45, 7) is 0.549. The summed E-state index contributed by atoms with van der Waals surface area (Å²) in [6, 6.07) is 4.39. The van der Waals surface area contributed by atoms with Gasteiger partial charge in [0.2, 0.25) is 5.91 Å². The zero-order valence-electron chi connectivity index (χ0n) is 9.70. The van der Waals surface area contributed by atoms with Crippen molar-refractivity contribution in [3.05, 3.63) is 29.6 Å². The van der Waals surface area contributed by atoms with Gasteiger partial charge in [-0.1, -0.05) is 12.2 Å². The predicted octanol–water partition coefficient (Wildman–Crippen LogP) is 1.15. The van der Waals surface area contributed by atoms with E-state index < -0.39 is 0 Å². The summed E-state index contributed by atoms with van der Waals surface area (Å²) >= 11 is 4.90. The standard InChI is InChI=1S/C12H14FN3OS/c13-7-1-3-10(9(5-7)12(14)18)16-8-2-4-11(17)15-6-8/h1,3,5,8,16H,2,4,6H2,(H2,14,18)(H,15,17). The van der Waals surface area contributed by atoms with Crippen molar-refractivity contribution in [2.24, 2.45) is 5.73 Å². The number of carbonyl (C=O) groups excluding carboxylic acids is 1. The highest BCUT2D eigenvalue weighted by Crippen LogP contribution is 2.19. The highest BCUT2D eigenvalue weighted by molar-refractivity contribution is 7.80. The van der Waals surface area contributed by atoms with E-state index in [-0.39, 0.29) is 22.8 Å². The molecule has 0 radical (unpaired) electrons. The fraction of sp³-hybridized carbons (Fsp3) is 0.333. The van der Waals surface area contributed by atoms with Crippen LogP contribution >= 0.6 is 12.2 Å². The molecule has 1 aromatic carbocycles. The highest BCUT2D eigenvalue weighted by Gasteiger charge is 2.19. The van der Waals surface area contributed by atoms with E-state index in [1.54, 1.807) is 6.07 Å². The van der Waals surface area contributed by atoms with Crippen molar-refractivity contribution >= 4 is 28.8 Å². The van der Waals surface area contributed by atoms with Crippen molar-refractivity contribution in [1.29, 1.82) is 0 Å². The zero-order valence-corrected chi connectivity index (χ0v) is 10.5. The maximum absolute atomic E-state index is 13.1. The summed E-state index contributed by atoms with van der Waals surface area (Å²) in [5.74, 6) is -0.318.